The third-order valence-corrected chi connectivity index (χ3v) is 3.53. The summed E-state index contributed by atoms with van der Waals surface area (Å²) in [5.74, 6) is 0.865. The van der Waals surface area contributed by atoms with Gasteiger partial charge in [-0.25, -0.2) is 0 Å². The van der Waals surface area contributed by atoms with Crippen molar-refractivity contribution in [1.82, 2.24) is 10.6 Å². The Morgan fingerprint density at radius 1 is 1.17 bits per heavy atom. The summed E-state index contributed by atoms with van der Waals surface area (Å²) in [5, 5.41) is 6.17. The van der Waals surface area contributed by atoms with Crippen molar-refractivity contribution in [2.75, 3.05) is 13.1 Å². The third kappa shape index (κ3) is 4.49. The molecule has 0 aliphatic heterocycles. The van der Waals surface area contributed by atoms with Crippen molar-refractivity contribution >= 4 is 5.91 Å². The molecule has 1 amide bonds. The zero-order valence-electron chi connectivity index (χ0n) is 10.8. The van der Waals surface area contributed by atoms with Crippen molar-refractivity contribution < 1.29 is 4.79 Å². The normalized spacial score (nSPS) is 15.8. The third-order valence-electron chi connectivity index (χ3n) is 3.53. The van der Waals surface area contributed by atoms with Crippen LogP contribution in [0.3, 0.4) is 0 Å². The van der Waals surface area contributed by atoms with Crippen LogP contribution in [0.5, 0.6) is 0 Å². The van der Waals surface area contributed by atoms with E-state index in [-0.39, 0.29) is 5.91 Å². The standard InChI is InChI=1S/C15H22N2O/c18-15(12-16-10-13-8-4-5-9-13)17-11-14-6-2-1-3-7-14/h1-3,6-7,13,16H,4-5,8-12H2,(H,17,18). The smallest absolute Gasteiger partial charge is 0.234 e. The maximum absolute atomic E-state index is 11.6. The molecule has 3 nitrogen and oxygen atoms in total. The molecule has 1 fully saturated rings. The molecule has 0 heterocycles. The number of carbonyl (C=O) groups is 1. The number of carbonyl (C=O) groups excluding carboxylic acids is 1. The first-order valence-corrected chi connectivity index (χ1v) is 6.86. The summed E-state index contributed by atoms with van der Waals surface area (Å²) in [5.41, 5.74) is 1.14. The number of hydrogen-bond donors (Lipinski definition) is 2. The summed E-state index contributed by atoms with van der Waals surface area (Å²) in [4.78, 5) is 11.6. The molecule has 0 atom stereocenters. The van der Waals surface area contributed by atoms with Gasteiger partial charge >= 0.3 is 0 Å². The van der Waals surface area contributed by atoms with Gasteiger partial charge in [-0.05, 0) is 30.9 Å². The average Bonchev–Trinajstić information content (AvgIpc) is 2.91. The van der Waals surface area contributed by atoms with Crippen molar-refractivity contribution in [3.8, 4) is 0 Å². The van der Waals surface area contributed by atoms with Gasteiger partial charge in [0, 0.05) is 6.54 Å². The number of benzene rings is 1. The minimum Gasteiger partial charge on any atom is -0.351 e. The molecular weight excluding hydrogens is 224 g/mol. The fourth-order valence-electron chi connectivity index (χ4n) is 2.46. The van der Waals surface area contributed by atoms with Crippen LogP contribution in [0.1, 0.15) is 31.2 Å². The molecule has 0 bridgehead atoms. The predicted molar refractivity (Wildman–Crippen MR) is 73.1 cm³/mol. The van der Waals surface area contributed by atoms with E-state index in [1.54, 1.807) is 0 Å². The molecule has 1 aromatic carbocycles. The Balaban J connectivity index is 1.57. The van der Waals surface area contributed by atoms with Crippen LogP contribution in [0.4, 0.5) is 0 Å². The molecule has 0 aromatic heterocycles. The molecular formula is C15H22N2O. The first kappa shape index (κ1) is 13.1. The summed E-state index contributed by atoms with van der Waals surface area (Å²) < 4.78 is 0. The van der Waals surface area contributed by atoms with E-state index < -0.39 is 0 Å². The average molecular weight is 246 g/mol. The highest BCUT2D eigenvalue weighted by Gasteiger charge is 2.14. The number of hydrogen-bond acceptors (Lipinski definition) is 2. The monoisotopic (exact) mass is 246 g/mol. The van der Waals surface area contributed by atoms with E-state index in [0.29, 0.717) is 13.1 Å². The maximum Gasteiger partial charge on any atom is 0.234 e. The number of amides is 1. The van der Waals surface area contributed by atoms with Crippen molar-refractivity contribution in [2.45, 2.75) is 32.2 Å². The lowest BCUT2D eigenvalue weighted by Crippen LogP contribution is -2.35. The maximum atomic E-state index is 11.6. The highest BCUT2D eigenvalue weighted by molar-refractivity contribution is 5.77. The molecule has 1 aliphatic carbocycles. The van der Waals surface area contributed by atoms with Gasteiger partial charge in [-0.2, -0.15) is 0 Å². The van der Waals surface area contributed by atoms with Crippen molar-refractivity contribution in [3.63, 3.8) is 0 Å². The Kier molecular flexibility index (Phi) is 5.21. The molecule has 2 rings (SSSR count). The van der Waals surface area contributed by atoms with E-state index in [9.17, 15) is 4.79 Å². The van der Waals surface area contributed by atoms with Gasteiger partial charge in [0.25, 0.3) is 0 Å². The summed E-state index contributed by atoms with van der Waals surface area (Å²) >= 11 is 0. The minimum absolute atomic E-state index is 0.0804. The lowest BCUT2D eigenvalue weighted by atomic mass is 10.1. The Bertz CT molecular complexity index is 358. The Hall–Kier alpha value is -1.35. The highest BCUT2D eigenvalue weighted by atomic mass is 16.1. The van der Waals surface area contributed by atoms with Gasteiger partial charge in [-0.15, -0.1) is 0 Å². The van der Waals surface area contributed by atoms with Crippen LogP contribution in [0.25, 0.3) is 0 Å². The molecule has 1 aliphatic rings. The first-order valence-electron chi connectivity index (χ1n) is 6.86. The molecule has 1 saturated carbocycles. The van der Waals surface area contributed by atoms with Gasteiger partial charge in [-0.1, -0.05) is 43.2 Å². The van der Waals surface area contributed by atoms with Gasteiger partial charge < -0.3 is 10.6 Å². The SMILES string of the molecule is O=C(CNCC1CCCC1)NCc1ccccc1. The lowest BCUT2D eigenvalue weighted by molar-refractivity contribution is -0.120. The van der Waals surface area contributed by atoms with Gasteiger partial charge in [0.15, 0.2) is 0 Å². The predicted octanol–water partition coefficient (Wildman–Crippen LogP) is 2.08. The van der Waals surface area contributed by atoms with Gasteiger partial charge in [0.05, 0.1) is 6.54 Å². The minimum atomic E-state index is 0.0804. The number of rotatable bonds is 6. The van der Waals surface area contributed by atoms with Gasteiger partial charge in [0.2, 0.25) is 5.91 Å². The van der Waals surface area contributed by atoms with E-state index >= 15 is 0 Å². The molecule has 0 unspecified atom stereocenters. The fourth-order valence-corrected chi connectivity index (χ4v) is 2.46. The summed E-state index contributed by atoms with van der Waals surface area (Å²) in [7, 11) is 0. The van der Waals surface area contributed by atoms with Crippen LogP contribution >= 0.6 is 0 Å². The molecule has 0 spiro atoms. The highest BCUT2D eigenvalue weighted by Crippen LogP contribution is 2.23. The Morgan fingerprint density at radius 3 is 2.61 bits per heavy atom. The van der Waals surface area contributed by atoms with E-state index in [1.165, 1.54) is 25.7 Å². The Labute approximate surface area is 109 Å². The molecule has 18 heavy (non-hydrogen) atoms. The Morgan fingerprint density at radius 2 is 1.89 bits per heavy atom. The van der Waals surface area contributed by atoms with Crippen LogP contribution in [0, 0.1) is 5.92 Å². The molecule has 0 radical (unpaired) electrons. The van der Waals surface area contributed by atoms with Crippen LogP contribution in [-0.2, 0) is 11.3 Å². The van der Waals surface area contributed by atoms with Crippen LogP contribution in [0.15, 0.2) is 30.3 Å². The molecule has 2 N–H and O–H groups in total. The second kappa shape index (κ2) is 7.17. The van der Waals surface area contributed by atoms with Crippen molar-refractivity contribution in [2.24, 2.45) is 5.92 Å². The fraction of sp³-hybridized carbons (Fsp3) is 0.533. The van der Waals surface area contributed by atoms with Crippen molar-refractivity contribution in [1.29, 1.82) is 0 Å². The molecule has 0 saturated heterocycles. The van der Waals surface area contributed by atoms with E-state index in [1.807, 2.05) is 30.3 Å². The zero-order chi connectivity index (χ0) is 12.6. The summed E-state index contributed by atoms with van der Waals surface area (Å²) in [6.45, 7) is 2.03. The zero-order valence-corrected chi connectivity index (χ0v) is 10.8. The number of nitrogens with one attached hydrogen (secondary N) is 2. The van der Waals surface area contributed by atoms with Gasteiger partial charge in [0.1, 0.15) is 0 Å². The molecule has 3 heteroatoms. The lowest BCUT2D eigenvalue weighted by Gasteiger charge is -2.10. The van der Waals surface area contributed by atoms with E-state index in [0.717, 1.165) is 18.0 Å². The van der Waals surface area contributed by atoms with E-state index in [2.05, 4.69) is 10.6 Å². The van der Waals surface area contributed by atoms with Crippen LogP contribution < -0.4 is 10.6 Å². The van der Waals surface area contributed by atoms with Crippen LogP contribution in [0.2, 0.25) is 0 Å². The quantitative estimate of drug-likeness (QED) is 0.807. The molecule has 98 valence electrons. The topological polar surface area (TPSA) is 41.1 Å². The first-order chi connectivity index (χ1) is 8.84. The summed E-state index contributed by atoms with van der Waals surface area (Å²) in [6.07, 6.45) is 5.34. The van der Waals surface area contributed by atoms with Gasteiger partial charge in [-0.3, -0.25) is 4.79 Å². The largest absolute Gasteiger partial charge is 0.351 e. The second-order valence-electron chi connectivity index (χ2n) is 5.04. The second-order valence-corrected chi connectivity index (χ2v) is 5.04. The van der Waals surface area contributed by atoms with Crippen LogP contribution in [-0.4, -0.2) is 19.0 Å². The molecule has 1 aromatic rings. The van der Waals surface area contributed by atoms with E-state index in [4.69, 9.17) is 0 Å². The summed E-state index contributed by atoms with van der Waals surface area (Å²) in [6, 6.07) is 9.99. The van der Waals surface area contributed by atoms with Crippen molar-refractivity contribution in [3.05, 3.63) is 35.9 Å².